The van der Waals surface area contributed by atoms with Crippen molar-refractivity contribution in [3.05, 3.63) is 65.5 Å². The zero-order valence-electron chi connectivity index (χ0n) is 13.0. The van der Waals surface area contributed by atoms with Crippen LogP contribution in [-0.2, 0) is 6.61 Å². The number of hydrogen-bond donors (Lipinski definition) is 2. The Hall–Kier alpha value is -2.40. The van der Waals surface area contributed by atoms with Gasteiger partial charge in [0.2, 0.25) is 0 Å². The van der Waals surface area contributed by atoms with Gasteiger partial charge < -0.3 is 15.2 Å². The number of halogens is 1. The molecule has 2 aromatic carbocycles. The molecule has 23 heavy (non-hydrogen) atoms. The van der Waals surface area contributed by atoms with Gasteiger partial charge in [-0.1, -0.05) is 25.1 Å². The van der Waals surface area contributed by atoms with Crippen LogP contribution in [0.4, 0.5) is 4.39 Å². The highest BCUT2D eigenvalue weighted by Gasteiger charge is 2.11. The Morgan fingerprint density at radius 1 is 1.26 bits per heavy atom. The summed E-state index contributed by atoms with van der Waals surface area (Å²) in [4.78, 5) is 12.1. The van der Waals surface area contributed by atoms with E-state index < -0.39 is 0 Å². The molecule has 0 bridgehead atoms. The largest absolute Gasteiger partial charge is 0.489 e. The van der Waals surface area contributed by atoms with Crippen LogP contribution in [0.25, 0.3) is 0 Å². The highest BCUT2D eigenvalue weighted by Crippen LogP contribution is 2.15. The fraction of sp³-hybridized carbons (Fsp3) is 0.278. The molecule has 1 unspecified atom stereocenters. The van der Waals surface area contributed by atoms with E-state index in [1.165, 1.54) is 12.1 Å². The third kappa shape index (κ3) is 5.07. The van der Waals surface area contributed by atoms with Crippen molar-refractivity contribution in [1.29, 1.82) is 0 Å². The Morgan fingerprint density at radius 2 is 2.04 bits per heavy atom. The minimum atomic E-state index is -0.356. The predicted molar refractivity (Wildman–Crippen MR) is 85.8 cm³/mol. The predicted octanol–water partition coefficient (Wildman–Crippen LogP) is 2.91. The van der Waals surface area contributed by atoms with Crippen LogP contribution in [0.3, 0.4) is 0 Å². The summed E-state index contributed by atoms with van der Waals surface area (Å²) >= 11 is 0. The van der Waals surface area contributed by atoms with E-state index in [9.17, 15) is 9.18 Å². The number of rotatable bonds is 7. The second kappa shape index (κ2) is 8.29. The molecule has 1 atom stereocenters. The molecule has 2 aromatic rings. The van der Waals surface area contributed by atoms with Crippen molar-refractivity contribution in [1.82, 2.24) is 5.32 Å². The van der Waals surface area contributed by atoms with Crippen molar-refractivity contribution in [2.75, 3.05) is 6.61 Å². The number of aliphatic hydroxyl groups excluding tert-OH is 1. The van der Waals surface area contributed by atoms with E-state index in [0.29, 0.717) is 17.7 Å². The molecular weight excluding hydrogens is 297 g/mol. The first-order valence-corrected chi connectivity index (χ1v) is 7.51. The highest BCUT2D eigenvalue weighted by molar-refractivity contribution is 5.94. The summed E-state index contributed by atoms with van der Waals surface area (Å²) in [5.41, 5.74) is 1.30. The quantitative estimate of drug-likeness (QED) is 0.825. The molecule has 0 aliphatic carbocycles. The summed E-state index contributed by atoms with van der Waals surface area (Å²) in [6, 6.07) is 12.7. The lowest BCUT2D eigenvalue weighted by Gasteiger charge is -2.14. The van der Waals surface area contributed by atoms with Gasteiger partial charge in [0.15, 0.2) is 0 Å². The van der Waals surface area contributed by atoms with Gasteiger partial charge in [0, 0.05) is 11.6 Å². The van der Waals surface area contributed by atoms with Gasteiger partial charge in [-0.05, 0) is 36.2 Å². The maximum Gasteiger partial charge on any atom is 0.251 e. The molecule has 0 aromatic heterocycles. The van der Waals surface area contributed by atoms with Crippen LogP contribution >= 0.6 is 0 Å². The second-order valence-corrected chi connectivity index (χ2v) is 5.21. The van der Waals surface area contributed by atoms with Gasteiger partial charge in [-0.25, -0.2) is 4.39 Å². The Labute approximate surface area is 134 Å². The number of carbonyl (C=O) groups excluding carboxylic acids is 1. The summed E-state index contributed by atoms with van der Waals surface area (Å²) in [5.74, 6) is -0.157. The summed E-state index contributed by atoms with van der Waals surface area (Å²) in [7, 11) is 0. The van der Waals surface area contributed by atoms with Crippen LogP contribution in [0, 0.1) is 5.82 Å². The number of nitrogens with one attached hydrogen (secondary N) is 1. The molecule has 0 fully saturated rings. The molecule has 122 valence electrons. The number of carbonyl (C=O) groups is 1. The molecule has 0 aliphatic heterocycles. The van der Waals surface area contributed by atoms with Crippen LogP contribution in [0.15, 0.2) is 48.5 Å². The van der Waals surface area contributed by atoms with Crippen molar-refractivity contribution >= 4 is 5.91 Å². The Morgan fingerprint density at radius 3 is 2.74 bits per heavy atom. The first-order chi connectivity index (χ1) is 11.1. The third-order valence-electron chi connectivity index (χ3n) is 3.44. The number of hydrogen-bond acceptors (Lipinski definition) is 3. The maximum absolute atomic E-state index is 13.1. The van der Waals surface area contributed by atoms with E-state index in [0.717, 1.165) is 5.56 Å². The van der Waals surface area contributed by atoms with Gasteiger partial charge in [-0.3, -0.25) is 4.79 Å². The molecule has 2 rings (SSSR count). The molecule has 0 saturated heterocycles. The standard InChI is InChI=1S/C18H20FNO3/c1-2-16(11-21)20-18(22)14-6-3-5-13(9-14)12-23-17-8-4-7-15(19)10-17/h3-10,16,21H,2,11-12H2,1H3,(H,20,22). The second-order valence-electron chi connectivity index (χ2n) is 5.21. The lowest BCUT2D eigenvalue weighted by Crippen LogP contribution is -2.36. The summed E-state index contributed by atoms with van der Waals surface area (Å²) in [5, 5.41) is 11.9. The molecule has 0 radical (unpaired) electrons. The van der Waals surface area contributed by atoms with Crippen LogP contribution in [-0.4, -0.2) is 23.7 Å². The molecule has 2 N–H and O–H groups in total. The Kier molecular flexibility index (Phi) is 6.11. The van der Waals surface area contributed by atoms with Gasteiger partial charge >= 0.3 is 0 Å². The topological polar surface area (TPSA) is 58.6 Å². The van der Waals surface area contributed by atoms with Crippen molar-refractivity contribution in [3.63, 3.8) is 0 Å². The number of benzene rings is 2. The van der Waals surface area contributed by atoms with Gasteiger partial charge in [-0.2, -0.15) is 0 Å². The molecule has 4 nitrogen and oxygen atoms in total. The monoisotopic (exact) mass is 317 g/mol. The summed E-state index contributed by atoms with van der Waals surface area (Å²) < 4.78 is 18.6. The molecule has 0 spiro atoms. The van der Waals surface area contributed by atoms with Crippen molar-refractivity contribution in [2.45, 2.75) is 26.0 Å². The fourth-order valence-corrected chi connectivity index (χ4v) is 2.07. The normalized spacial score (nSPS) is 11.8. The molecule has 1 amide bonds. The number of aliphatic hydroxyl groups is 1. The highest BCUT2D eigenvalue weighted by atomic mass is 19.1. The lowest BCUT2D eigenvalue weighted by atomic mass is 10.1. The molecule has 0 aliphatic rings. The van der Waals surface area contributed by atoms with Crippen LogP contribution < -0.4 is 10.1 Å². The van der Waals surface area contributed by atoms with Gasteiger partial charge in [0.1, 0.15) is 18.2 Å². The van der Waals surface area contributed by atoms with Gasteiger partial charge in [-0.15, -0.1) is 0 Å². The number of ether oxygens (including phenoxy) is 1. The third-order valence-corrected chi connectivity index (χ3v) is 3.44. The van der Waals surface area contributed by atoms with Crippen LogP contribution in [0.5, 0.6) is 5.75 Å². The van der Waals surface area contributed by atoms with Gasteiger partial charge in [0.05, 0.1) is 12.6 Å². The van der Waals surface area contributed by atoms with E-state index in [1.807, 2.05) is 13.0 Å². The van der Waals surface area contributed by atoms with Crippen LogP contribution in [0.1, 0.15) is 29.3 Å². The van der Waals surface area contributed by atoms with Crippen molar-refractivity contribution in [2.24, 2.45) is 0 Å². The molecule has 0 heterocycles. The minimum absolute atomic E-state index is 0.0926. The van der Waals surface area contributed by atoms with E-state index in [1.54, 1.807) is 30.3 Å². The first-order valence-electron chi connectivity index (χ1n) is 7.51. The first kappa shape index (κ1) is 17.0. The summed E-state index contributed by atoms with van der Waals surface area (Å²) in [6.45, 7) is 2.04. The molecular formula is C18H20FNO3. The average molecular weight is 317 g/mol. The van der Waals surface area contributed by atoms with Crippen molar-refractivity contribution in [3.8, 4) is 5.75 Å². The van der Waals surface area contributed by atoms with E-state index >= 15 is 0 Å². The van der Waals surface area contributed by atoms with E-state index in [2.05, 4.69) is 5.32 Å². The smallest absolute Gasteiger partial charge is 0.251 e. The van der Waals surface area contributed by atoms with Crippen LogP contribution in [0.2, 0.25) is 0 Å². The Balaban J connectivity index is 2.00. The van der Waals surface area contributed by atoms with Crippen molar-refractivity contribution < 1.29 is 19.0 Å². The maximum atomic E-state index is 13.1. The minimum Gasteiger partial charge on any atom is -0.489 e. The average Bonchev–Trinajstić information content (AvgIpc) is 2.58. The van der Waals surface area contributed by atoms with Gasteiger partial charge in [0.25, 0.3) is 5.91 Å². The molecule has 5 heteroatoms. The zero-order valence-corrected chi connectivity index (χ0v) is 13.0. The lowest BCUT2D eigenvalue weighted by molar-refractivity contribution is 0.0915. The van der Waals surface area contributed by atoms with E-state index in [4.69, 9.17) is 9.84 Å². The SMILES string of the molecule is CCC(CO)NC(=O)c1cccc(COc2cccc(F)c2)c1. The van der Waals surface area contributed by atoms with E-state index in [-0.39, 0.29) is 31.0 Å². The number of amides is 1. The Bertz CT molecular complexity index is 656. The summed E-state index contributed by atoms with van der Waals surface area (Å²) in [6.07, 6.45) is 0.657. The molecule has 0 saturated carbocycles. The fourth-order valence-electron chi connectivity index (χ4n) is 2.07. The zero-order chi connectivity index (χ0) is 16.7.